The van der Waals surface area contributed by atoms with Crippen molar-refractivity contribution in [1.29, 1.82) is 0 Å². The van der Waals surface area contributed by atoms with Gasteiger partial charge in [0.15, 0.2) is 6.10 Å². The summed E-state index contributed by atoms with van der Waals surface area (Å²) in [7, 11) is 1.20. The van der Waals surface area contributed by atoms with Crippen LogP contribution >= 0.6 is 7.82 Å². The standard InChI is InChI=1S/C81H160NO8P/c1-6-8-10-12-14-16-18-20-22-24-26-28-30-32-34-36-38-39-40-41-42-43-44-46-48-50-52-54-56-58-60-62-64-66-68-70-72-74-81(84)90-79(78-89-91(85,86)88-76-75-82(3,4)5)77-87-80(83)73-71-69-67-65-63-61-59-57-55-53-51-49-47-45-37-35-33-31-29-27-25-23-21-19-17-15-13-11-9-7-2/h24,26,79H,6-23,25,27-78H2,1-5H3/b26-24-. The van der Waals surface area contributed by atoms with E-state index in [2.05, 4.69) is 26.0 Å². The average molecular weight is 1310 g/mol. The van der Waals surface area contributed by atoms with Gasteiger partial charge in [0.2, 0.25) is 0 Å². The molecule has 0 saturated carbocycles. The number of quaternary nitrogens is 1. The molecule has 10 heteroatoms. The average Bonchev–Trinajstić information content (AvgIpc) is 3.69. The van der Waals surface area contributed by atoms with E-state index < -0.39 is 26.5 Å². The number of phosphoric ester groups is 1. The Bertz CT molecular complexity index is 1540. The summed E-state index contributed by atoms with van der Waals surface area (Å²) in [6, 6.07) is 0. The summed E-state index contributed by atoms with van der Waals surface area (Å²) in [6.45, 7) is 4.34. The van der Waals surface area contributed by atoms with Crippen molar-refractivity contribution in [2.75, 3.05) is 47.5 Å². The maximum Gasteiger partial charge on any atom is 0.306 e. The van der Waals surface area contributed by atoms with E-state index in [-0.39, 0.29) is 32.0 Å². The van der Waals surface area contributed by atoms with Crippen LogP contribution in [0.4, 0.5) is 0 Å². The second-order valence-electron chi connectivity index (χ2n) is 29.5. The van der Waals surface area contributed by atoms with Gasteiger partial charge in [0, 0.05) is 12.8 Å². The van der Waals surface area contributed by atoms with Crippen molar-refractivity contribution < 1.29 is 42.1 Å². The van der Waals surface area contributed by atoms with Gasteiger partial charge in [-0.2, -0.15) is 0 Å². The van der Waals surface area contributed by atoms with Crippen LogP contribution in [0.3, 0.4) is 0 Å². The highest BCUT2D eigenvalue weighted by Crippen LogP contribution is 2.38. The van der Waals surface area contributed by atoms with E-state index in [0.29, 0.717) is 17.4 Å². The third kappa shape index (κ3) is 77.6. The Labute approximate surface area is 568 Å². The van der Waals surface area contributed by atoms with Gasteiger partial charge in [0.05, 0.1) is 27.7 Å². The number of rotatable bonds is 78. The van der Waals surface area contributed by atoms with Crippen molar-refractivity contribution in [1.82, 2.24) is 0 Å². The largest absolute Gasteiger partial charge is 0.756 e. The van der Waals surface area contributed by atoms with Gasteiger partial charge in [-0.1, -0.05) is 405 Å². The molecule has 0 bridgehead atoms. The first kappa shape index (κ1) is 89.8. The minimum absolute atomic E-state index is 0.0254. The van der Waals surface area contributed by atoms with E-state index in [0.717, 1.165) is 32.1 Å². The summed E-state index contributed by atoms with van der Waals surface area (Å²) in [6.07, 6.45) is 92.1. The fourth-order valence-corrected chi connectivity index (χ4v) is 13.5. The Morgan fingerprint density at radius 1 is 0.330 bits per heavy atom. The minimum atomic E-state index is -4.64. The maximum absolute atomic E-state index is 12.9. The maximum atomic E-state index is 12.9. The summed E-state index contributed by atoms with van der Waals surface area (Å²) < 4.78 is 34.4. The Morgan fingerprint density at radius 3 is 0.813 bits per heavy atom. The molecular weight excluding hydrogens is 1150 g/mol. The molecule has 0 saturated heterocycles. The number of ether oxygens (including phenoxy) is 2. The van der Waals surface area contributed by atoms with E-state index >= 15 is 0 Å². The van der Waals surface area contributed by atoms with Crippen molar-refractivity contribution in [3.63, 3.8) is 0 Å². The molecule has 0 aromatic rings. The summed E-state index contributed by atoms with van der Waals surface area (Å²) in [5, 5.41) is 0. The molecule has 0 aliphatic carbocycles. The van der Waals surface area contributed by atoms with Crippen LogP contribution in [-0.2, 0) is 32.7 Å². The third-order valence-corrected chi connectivity index (χ3v) is 20.0. The molecule has 9 nitrogen and oxygen atoms in total. The van der Waals surface area contributed by atoms with Crippen LogP contribution in [0, 0.1) is 0 Å². The normalized spacial score (nSPS) is 13.0. The van der Waals surface area contributed by atoms with Crippen LogP contribution in [-0.4, -0.2) is 70.0 Å². The predicted octanol–water partition coefficient (Wildman–Crippen LogP) is 26.4. The van der Waals surface area contributed by atoms with Gasteiger partial charge in [-0.25, -0.2) is 0 Å². The molecule has 0 aromatic carbocycles. The summed E-state index contributed by atoms with van der Waals surface area (Å²) in [4.78, 5) is 38.2. The highest BCUT2D eigenvalue weighted by molar-refractivity contribution is 7.45. The number of allylic oxidation sites excluding steroid dienone is 2. The van der Waals surface area contributed by atoms with Crippen molar-refractivity contribution in [2.24, 2.45) is 0 Å². The number of carbonyl (C=O) groups is 2. The van der Waals surface area contributed by atoms with Crippen LogP contribution in [0.2, 0.25) is 0 Å². The Hall–Kier alpha value is -1.25. The number of likely N-dealkylation sites (N-methyl/N-ethyl adjacent to an activating group) is 1. The fourth-order valence-electron chi connectivity index (χ4n) is 12.8. The van der Waals surface area contributed by atoms with E-state index in [4.69, 9.17) is 18.5 Å². The molecule has 0 N–H and O–H groups in total. The first-order chi connectivity index (χ1) is 44.5. The zero-order valence-corrected chi connectivity index (χ0v) is 63.0. The van der Waals surface area contributed by atoms with E-state index in [1.54, 1.807) is 0 Å². The zero-order chi connectivity index (χ0) is 66.2. The van der Waals surface area contributed by atoms with Gasteiger partial charge in [-0.15, -0.1) is 0 Å². The number of nitrogens with zero attached hydrogens (tertiary/aromatic N) is 1. The molecule has 542 valence electrons. The number of unbranched alkanes of at least 4 members (excludes halogenated alkanes) is 62. The highest BCUT2D eigenvalue weighted by Gasteiger charge is 2.22. The molecule has 0 aromatic heterocycles. The van der Waals surface area contributed by atoms with Crippen LogP contribution in [0.25, 0.3) is 0 Å². The van der Waals surface area contributed by atoms with E-state index in [9.17, 15) is 19.0 Å². The molecule has 0 amide bonds. The van der Waals surface area contributed by atoms with Gasteiger partial charge < -0.3 is 27.9 Å². The molecule has 0 spiro atoms. The monoisotopic (exact) mass is 1310 g/mol. The van der Waals surface area contributed by atoms with Gasteiger partial charge in [0.25, 0.3) is 7.82 Å². The first-order valence-electron chi connectivity index (χ1n) is 40.9. The second-order valence-corrected chi connectivity index (χ2v) is 30.9. The van der Waals surface area contributed by atoms with Crippen molar-refractivity contribution in [3.8, 4) is 0 Å². The number of hydrogen-bond acceptors (Lipinski definition) is 8. The molecule has 0 aliphatic heterocycles. The van der Waals surface area contributed by atoms with Crippen molar-refractivity contribution in [3.05, 3.63) is 12.2 Å². The lowest BCUT2D eigenvalue weighted by Crippen LogP contribution is -2.37. The summed E-state index contributed by atoms with van der Waals surface area (Å²) in [5.41, 5.74) is 0. The van der Waals surface area contributed by atoms with Crippen LogP contribution < -0.4 is 4.89 Å². The third-order valence-electron chi connectivity index (χ3n) is 19.0. The van der Waals surface area contributed by atoms with Crippen LogP contribution in [0.15, 0.2) is 12.2 Å². The van der Waals surface area contributed by atoms with Gasteiger partial charge in [-0.05, 0) is 38.5 Å². The van der Waals surface area contributed by atoms with Gasteiger partial charge in [0.1, 0.15) is 19.8 Å². The van der Waals surface area contributed by atoms with Crippen LogP contribution in [0.1, 0.15) is 444 Å². The molecule has 91 heavy (non-hydrogen) atoms. The highest BCUT2D eigenvalue weighted by atomic mass is 31.2. The van der Waals surface area contributed by atoms with E-state index in [1.807, 2.05) is 21.1 Å². The van der Waals surface area contributed by atoms with Crippen molar-refractivity contribution >= 4 is 19.8 Å². The lowest BCUT2D eigenvalue weighted by Gasteiger charge is -2.28. The smallest absolute Gasteiger partial charge is 0.306 e. The Morgan fingerprint density at radius 2 is 0.560 bits per heavy atom. The van der Waals surface area contributed by atoms with E-state index in [1.165, 1.54) is 379 Å². The molecule has 0 aliphatic rings. The first-order valence-corrected chi connectivity index (χ1v) is 42.4. The lowest BCUT2D eigenvalue weighted by molar-refractivity contribution is -0.870. The number of esters is 2. The van der Waals surface area contributed by atoms with Crippen LogP contribution in [0.5, 0.6) is 0 Å². The van der Waals surface area contributed by atoms with Gasteiger partial charge in [-0.3, -0.25) is 14.2 Å². The number of phosphoric acid groups is 1. The topological polar surface area (TPSA) is 111 Å². The predicted molar refractivity (Wildman–Crippen MR) is 393 cm³/mol. The quantitative estimate of drug-likeness (QED) is 0.0195. The number of carbonyl (C=O) groups excluding carboxylic acids is 2. The molecule has 2 unspecified atom stereocenters. The molecule has 0 fully saturated rings. The lowest BCUT2D eigenvalue weighted by atomic mass is 10.0. The second kappa shape index (κ2) is 73.0. The van der Waals surface area contributed by atoms with Gasteiger partial charge >= 0.3 is 11.9 Å². The summed E-state index contributed by atoms with van der Waals surface area (Å²) in [5.74, 6) is -0.802. The Balaban J connectivity index is 3.88. The summed E-state index contributed by atoms with van der Waals surface area (Å²) >= 11 is 0. The molecular formula is C81H160NO8P. The molecule has 2 atom stereocenters. The minimum Gasteiger partial charge on any atom is -0.756 e. The molecule has 0 radical (unpaired) electrons. The molecule has 0 heterocycles. The molecule has 0 rings (SSSR count). The fraction of sp³-hybridized carbons (Fsp3) is 0.951. The Kier molecular flexibility index (Phi) is 72.0. The zero-order valence-electron chi connectivity index (χ0n) is 62.1. The van der Waals surface area contributed by atoms with Crippen molar-refractivity contribution in [2.45, 2.75) is 450 Å². The number of hydrogen-bond donors (Lipinski definition) is 0. The SMILES string of the molecule is CCCCCCCCCC/C=C\CCCCCCCCCCCCCCCCCCCCCCCCCCCC(=O)OC(COC(=O)CCCCCCCCCCCCCCCCCCCCCCCCCCCCCCCC)COP(=O)([O-])OCC[N+](C)(C)C.